The maximum Gasteiger partial charge on any atom is 0.248 e. The van der Waals surface area contributed by atoms with E-state index >= 15 is 0 Å². The van der Waals surface area contributed by atoms with Gasteiger partial charge in [0.1, 0.15) is 0 Å². The van der Waals surface area contributed by atoms with E-state index in [0.717, 1.165) is 5.57 Å². The number of carbonyl (C=O) groups is 1. The van der Waals surface area contributed by atoms with Crippen LogP contribution in [-0.2, 0) is 4.79 Å². The number of nitrogens with two attached hydrogens (primary N) is 1. The molecular weight excluding hydrogens is 138 g/mol. The first-order valence-electron chi connectivity index (χ1n) is 3.36. The molecule has 0 rings (SSSR count). The first-order valence-corrected chi connectivity index (χ1v) is 3.36. The predicted octanol–water partition coefficient (Wildman–Crippen LogP) is 1.55. The Morgan fingerprint density at radius 3 is 2.27 bits per heavy atom. The smallest absolute Gasteiger partial charge is 0.248 e. The van der Waals surface area contributed by atoms with Crippen molar-refractivity contribution in [1.82, 2.24) is 0 Å². The van der Waals surface area contributed by atoms with Gasteiger partial charge in [0.2, 0.25) is 5.91 Å². The monoisotopic (exact) mass is 151 g/mol. The molecule has 0 unspecified atom stereocenters. The minimum atomic E-state index is -0.400. The molecule has 1 amide bonds. The van der Waals surface area contributed by atoms with E-state index in [1.807, 2.05) is 13.8 Å². The molecule has 0 aromatic carbocycles. The van der Waals surface area contributed by atoms with Gasteiger partial charge in [-0.3, -0.25) is 4.79 Å². The normalized spacial score (nSPS) is 9.64. The van der Waals surface area contributed by atoms with Crippen LogP contribution in [0.15, 0.2) is 36.0 Å². The SMILES string of the molecule is C=C/C=C\C(C(N)=O)=C(C)C. The topological polar surface area (TPSA) is 43.1 Å². The quantitative estimate of drug-likeness (QED) is 0.482. The van der Waals surface area contributed by atoms with Gasteiger partial charge in [0, 0.05) is 5.57 Å². The van der Waals surface area contributed by atoms with Gasteiger partial charge in [-0.15, -0.1) is 0 Å². The molecule has 0 fully saturated rings. The summed E-state index contributed by atoms with van der Waals surface area (Å²) in [7, 11) is 0. The zero-order chi connectivity index (χ0) is 8.85. The fourth-order valence-corrected chi connectivity index (χ4v) is 0.659. The number of rotatable bonds is 3. The van der Waals surface area contributed by atoms with Gasteiger partial charge in [0.05, 0.1) is 0 Å². The summed E-state index contributed by atoms with van der Waals surface area (Å²) in [5, 5.41) is 0. The van der Waals surface area contributed by atoms with Crippen LogP contribution in [0.2, 0.25) is 0 Å². The molecule has 0 spiro atoms. The lowest BCUT2D eigenvalue weighted by molar-refractivity contribution is -0.114. The lowest BCUT2D eigenvalue weighted by Crippen LogP contribution is -2.13. The minimum absolute atomic E-state index is 0.400. The predicted molar refractivity (Wildman–Crippen MR) is 46.9 cm³/mol. The average molecular weight is 151 g/mol. The molecule has 0 saturated carbocycles. The molecule has 0 radical (unpaired) electrons. The van der Waals surface area contributed by atoms with Crippen molar-refractivity contribution in [2.45, 2.75) is 13.8 Å². The van der Waals surface area contributed by atoms with Crippen LogP contribution in [0.4, 0.5) is 0 Å². The van der Waals surface area contributed by atoms with Crippen LogP contribution in [0.25, 0.3) is 0 Å². The third-order valence-electron chi connectivity index (χ3n) is 1.20. The van der Waals surface area contributed by atoms with Gasteiger partial charge < -0.3 is 5.73 Å². The highest BCUT2D eigenvalue weighted by atomic mass is 16.1. The Morgan fingerprint density at radius 2 is 2.00 bits per heavy atom. The lowest BCUT2D eigenvalue weighted by atomic mass is 10.1. The molecule has 11 heavy (non-hydrogen) atoms. The molecule has 0 atom stereocenters. The van der Waals surface area contributed by atoms with Crippen LogP contribution >= 0.6 is 0 Å². The number of allylic oxidation sites excluding steroid dienone is 3. The summed E-state index contributed by atoms with van der Waals surface area (Å²) in [4.78, 5) is 10.7. The minimum Gasteiger partial charge on any atom is -0.366 e. The summed E-state index contributed by atoms with van der Waals surface area (Å²) < 4.78 is 0. The summed E-state index contributed by atoms with van der Waals surface area (Å²) in [5.74, 6) is -0.400. The van der Waals surface area contributed by atoms with E-state index in [0.29, 0.717) is 5.57 Å². The van der Waals surface area contributed by atoms with Crippen LogP contribution < -0.4 is 5.73 Å². The highest BCUT2D eigenvalue weighted by molar-refractivity contribution is 5.95. The van der Waals surface area contributed by atoms with Gasteiger partial charge in [0.25, 0.3) is 0 Å². The molecule has 60 valence electrons. The van der Waals surface area contributed by atoms with Crippen molar-refractivity contribution < 1.29 is 4.79 Å². The Hall–Kier alpha value is -1.31. The van der Waals surface area contributed by atoms with Crippen LogP contribution in [0.1, 0.15) is 13.8 Å². The summed E-state index contributed by atoms with van der Waals surface area (Å²) in [6.07, 6.45) is 4.95. The first kappa shape index (κ1) is 9.69. The van der Waals surface area contributed by atoms with Gasteiger partial charge >= 0.3 is 0 Å². The Bertz CT molecular complexity index is 220. The second-order valence-corrected chi connectivity index (χ2v) is 2.37. The van der Waals surface area contributed by atoms with Crippen LogP contribution in [0.3, 0.4) is 0 Å². The van der Waals surface area contributed by atoms with Crippen molar-refractivity contribution in [2.75, 3.05) is 0 Å². The number of hydrogen-bond donors (Lipinski definition) is 1. The largest absolute Gasteiger partial charge is 0.366 e. The molecule has 0 aromatic heterocycles. The zero-order valence-corrected chi connectivity index (χ0v) is 6.92. The second-order valence-electron chi connectivity index (χ2n) is 2.37. The molecule has 2 nitrogen and oxygen atoms in total. The fraction of sp³-hybridized carbons (Fsp3) is 0.222. The van der Waals surface area contributed by atoms with Crippen LogP contribution in [0, 0.1) is 0 Å². The molecular formula is C9H13NO. The summed E-state index contributed by atoms with van der Waals surface area (Å²) in [5.41, 5.74) is 6.55. The van der Waals surface area contributed by atoms with E-state index in [2.05, 4.69) is 6.58 Å². The van der Waals surface area contributed by atoms with E-state index in [-0.39, 0.29) is 0 Å². The maximum absolute atomic E-state index is 10.7. The second kappa shape index (κ2) is 4.50. The van der Waals surface area contributed by atoms with Crippen molar-refractivity contribution >= 4 is 5.91 Å². The third kappa shape index (κ3) is 3.40. The van der Waals surface area contributed by atoms with Crippen LogP contribution in [-0.4, -0.2) is 5.91 Å². The van der Waals surface area contributed by atoms with Crippen molar-refractivity contribution in [3.8, 4) is 0 Å². The van der Waals surface area contributed by atoms with Gasteiger partial charge in [0.15, 0.2) is 0 Å². The third-order valence-corrected chi connectivity index (χ3v) is 1.20. The fourth-order valence-electron chi connectivity index (χ4n) is 0.659. The molecule has 0 bridgehead atoms. The average Bonchev–Trinajstić information content (AvgIpc) is 1.87. The molecule has 2 N–H and O–H groups in total. The molecule has 0 aliphatic carbocycles. The van der Waals surface area contributed by atoms with Crippen molar-refractivity contribution in [3.63, 3.8) is 0 Å². The molecule has 0 heterocycles. The van der Waals surface area contributed by atoms with E-state index in [4.69, 9.17) is 5.73 Å². The number of hydrogen-bond acceptors (Lipinski definition) is 1. The maximum atomic E-state index is 10.7. The standard InChI is InChI=1S/C9H13NO/c1-4-5-6-8(7(2)3)9(10)11/h4-6H,1H2,2-3H3,(H2,10,11)/b6-5-. The number of carbonyl (C=O) groups excluding carboxylic acids is 1. The van der Waals surface area contributed by atoms with E-state index in [1.165, 1.54) is 0 Å². The molecule has 0 saturated heterocycles. The molecule has 0 aliphatic heterocycles. The lowest BCUT2D eigenvalue weighted by Gasteiger charge is -1.97. The number of primary amides is 1. The Kier molecular flexibility index (Phi) is 3.96. The van der Waals surface area contributed by atoms with Crippen molar-refractivity contribution in [1.29, 1.82) is 0 Å². The van der Waals surface area contributed by atoms with E-state index < -0.39 is 5.91 Å². The van der Waals surface area contributed by atoms with Gasteiger partial charge in [-0.05, 0) is 19.9 Å². The Morgan fingerprint density at radius 1 is 1.45 bits per heavy atom. The highest BCUT2D eigenvalue weighted by Gasteiger charge is 2.00. The van der Waals surface area contributed by atoms with E-state index in [9.17, 15) is 4.79 Å². The number of amides is 1. The molecule has 0 aromatic rings. The van der Waals surface area contributed by atoms with Crippen LogP contribution in [0.5, 0.6) is 0 Å². The first-order chi connectivity index (χ1) is 5.09. The summed E-state index contributed by atoms with van der Waals surface area (Å²) >= 11 is 0. The van der Waals surface area contributed by atoms with Crippen molar-refractivity contribution in [2.24, 2.45) is 5.73 Å². The molecule has 2 heteroatoms. The zero-order valence-electron chi connectivity index (χ0n) is 6.92. The Balaban J connectivity index is 4.64. The summed E-state index contributed by atoms with van der Waals surface area (Å²) in [6.45, 7) is 7.17. The van der Waals surface area contributed by atoms with Gasteiger partial charge in [-0.25, -0.2) is 0 Å². The Labute approximate surface area is 67.1 Å². The highest BCUT2D eigenvalue weighted by Crippen LogP contribution is 2.03. The molecule has 0 aliphatic rings. The van der Waals surface area contributed by atoms with Crippen molar-refractivity contribution in [3.05, 3.63) is 36.0 Å². The van der Waals surface area contributed by atoms with E-state index in [1.54, 1.807) is 18.2 Å². The van der Waals surface area contributed by atoms with Gasteiger partial charge in [-0.1, -0.05) is 24.3 Å². The summed E-state index contributed by atoms with van der Waals surface area (Å²) in [6, 6.07) is 0. The van der Waals surface area contributed by atoms with Gasteiger partial charge in [-0.2, -0.15) is 0 Å².